The van der Waals surface area contributed by atoms with E-state index in [1.54, 1.807) is 15.9 Å². The topological polar surface area (TPSA) is 85.1 Å². The van der Waals surface area contributed by atoms with Gasteiger partial charge in [-0.2, -0.15) is 0 Å². The molecule has 8 heteroatoms. The van der Waals surface area contributed by atoms with E-state index < -0.39 is 6.04 Å². The Bertz CT molecular complexity index is 1090. The van der Waals surface area contributed by atoms with E-state index in [-0.39, 0.29) is 36.4 Å². The quantitative estimate of drug-likeness (QED) is 0.524. The van der Waals surface area contributed by atoms with Gasteiger partial charge < -0.3 is 25.0 Å². The maximum absolute atomic E-state index is 14.9. The Morgan fingerprint density at radius 3 is 2.18 bits per heavy atom. The first kappa shape index (κ1) is 27.9. The minimum atomic E-state index is -0.729. The number of nitrogens with two attached hydrogens (primary N) is 1. The molecule has 4 rings (SSSR count). The molecule has 2 aromatic rings. The molecule has 0 aliphatic carbocycles. The van der Waals surface area contributed by atoms with Crippen LogP contribution in [0, 0.1) is 11.7 Å². The molecule has 38 heavy (non-hydrogen) atoms. The summed E-state index contributed by atoms with van der Waals surface area (Å²) < 4.78 is 26.4. The first-order valence-corrected chi connectivity index (χ1v) is 13.8. The summed E-state index contributed by atoms with van der Waals surface area (Å²) in [6.45, 7) is 8.58. The van der Waals surface area contributed by atoms with Crippen LogP contribution in [0.5, 0.6) is 5.75 Å². The zero-order valence-corrected chi connectivity index (χ0v) is 22.7. The summed E-state index contributed by atoms with van der Waals surface area (Å²) in [5, 5.41) is 0. The minimum Gasteiger partial charge on any atom is -0.490 e. The Balaban J connectivity index is 1.29. The second-order valence-electron chi connectivity index (χ2n) is 10.8. The lowest BCUT2D eigenvalue weighted by molar-refractivity contribution is -0.131. The van der Waals surface area contributed by atoms with Crippen molar-refractivity contribution >= 4 is 12.0 Å². The van der Waals surface area contributed by atoms with Gasteiger partial charge in [0.1, 0.15) is 11.6 Å². The van der Waals surface area contributed by atoms with Crippen molar-refractivity contribution in [2.45, 2.75) is 71.1 Å². The second-order valence-corrected chi connectivity index (χ2v) is 10.8. The number of carbonyl (C=O) groups is 2. The van der Waals surface area contributed by atoms with E-state index in [4.69, 9.17) is 15.2 Å². The van der Waals surface area contributed by atoms with Crippen molar-refractivity contribution in [1.82, 2.24) is 9.80 Å². The Hall–Kier alpha value is -3.13. The van der Waals surface area contributed by atoms with Gasteiger partial charge in [0.15, 0.2) is 0 Å². The molecule has 0 bridgehead atoms. The number of piperidine rings is 1. The number of ether oxygens (including phenoxy) is 2. The Labute approximate surface area is 225 Å². The number of rotatable bonds is 8. The summed E-state index contributed by atoms with van der Waals surface area (Å²) in [5.74, 6) is 0.647. The van der Waals surface area contributed by atoms with Crippen LogP contribution in [0.3, 0.4) is 0 Å². The van der Waals surface area contributed by atoms with Gasteiger partial charge in [-0.15, -0.1) is 0 Å². The van der Waals surface area contributed by atoms with Crippen molar-refractivity contribution in [2.24, 2.45) is 11.7 Å². The maximum Gasteiger partial charge on any atom is 0.410 e. The van der Waals surface area contributed by atoms with Crippen molar-refractivity contribution in [1.29, 1.82) is 0 Å². The van der Waals surface area contributed by atoms with Crippen molar-refractivity contribution in [2.75, 3.05) is 26.2 Å². The zero-order chi connectivity index (χ0) is 27.2. The predicted molar refractivity (Wildman–Crippen MR) is 145 cm³/mol. The fourth-order valence-corrected chi connectivity index (χ4v) is 5.25. The molecule has 206 valence electrons. The lowest BCUT2D eigenvalue weighted by atomic mass is 9.92. The average molecular weight is 526 g/mol. The van der Waals surface area contributed by atoms with Gasteiger partial charge in [-0.25, -0.2) is 9.18 Å². The molecular weight excluding hydrogens is 485 g/mol. The smallest absolute Gasteiger partial charge is 0.410 e. The second kappa shape index (κ2) is 12.6. The molecule has 2 aromatic carbocycles. The van der Waals surface area contributed by atoms with Crippen LogP contribution in [-0.4, -0.2) is 66.2 Å². The molecule has 2 amide bonds. The molecule has 2 aliphatic heterocycles. The molecule has 0 saturated carbocycles. The van der Waals surface area contributed by atoms with Gasteiger partial charge in [0.25, 0.3) is 0 Å². The van der Waals surface area contributed by atoms with Crippen molar-refractivity contribution in [3.63, 3.8) is 0 Å². The average Bonchev–Trinajstić information content (AvgIpc) is 3.44. The first-order chi connectivity index (χ1) is 18.2. The summed E-state index contributed by atoms with van der Waals surface area (Å²) in [5.41, 5.74) is 8.18. The molecule has 0 radical (unpaired) electrons. The normalized spacial score (nSPS) is 17.9. The number of carbonyl (C=O) groups excluding carboxylic acids is 2. The van der Waals surface area contributed by atoms with Crippen LogP contribution in [0.4, 0.5) is 9.18 Å². The molecule has 2 aliphatic rings. The minimum absolute atomic E-state index is 0.00771. The number of amides is 2. The third kappa shape index (κ3) is 7.04. The maximum atomic E-state index is 14.9. The monoisotopic (exact) mass is 525 g/mol. The van der Waals surface area contributed by atoms with E-state index in [0.717, 1.165) is 55.6 Å². The molecule has 7 nitrogen and oxygen atoms in total. The number of benzene rings is 2. The highest BCUT2D eigenvalue weighted by Crippen LogP contribution is 2.28. The molecule has 2 atom stereocenters. The van der Waals surface area contributed by atoms with Crippen LogP contribution in [0.1, 0.15) is 52.0 Å². The van der Waals surface area contributed by atoms with E-state index in [1.807, 2.05) is 44.2 Å². The number of hydrogen-bond donors (Lipinski definition) is 1. The van der Waals surface area contributed by atoms with Crippen molar-refractivity contribution < 1.29 is 23.5 Å². The number of likely N-dealkylation sites (tertiary alicyclic amines) is 2. The summed E-state index contributed by atoms with van der Waals surface area (Å²) in [4.78, 5) is 28.1. The van der Waals surface area contributed by atoms with Crippen LogP contribution < -0.4 is 10.5 Å². The highest BCUT2D eigenvalue weighted by Gasteiger charge is 2.28. The Morgan fingerprint density at radius 1 is 0.947 bits per heavy atom. The van der Waals surface area contributed by atoms with Crippen LogP contribution >= 0.6 is 0 Å². The summed E-state index contributed by atoms with van der Waals surface area (Å²) in [7, 11) is 0. The van der Waals surface area contributed by atoms with Crippen LogP contribution in [0.25, 0.3) is 11.1 Å². The highest BCUT2D eigenvalue weighted by atomic mass is 19.1. The predicted octanol–water partition coefficient (Wildman–Crippen LogP) is 5.01. The molecule has 2 N–H and O–H groups in total. The van der Waals surface area contributed by atoms with E-state index in [0.29, 0.717) is 24.6 Å². The third-order valence-corrected chi connectivity index (χ3v) is 7.54. The molecule has 2 fully saturated rings. The molecule has 2 saturated heterocycles. The SMILES string of the molecule is CC(C)OC(=O)N1CCC(C(C)Oc2ccc(-c3ccc(C[C@H](N)C(=O)N4CCCC4)c(F)c3)cc2)CC1. The standard InChI is InChI=1S/C30H40FN3O4/c1-20(2)37-30(36)34-16-12-22(13-17-34)21(3)38-26-10-8-23(9-11-26)24-6-7-25(27(31)18-24)19-28(32)29(35)33-14-4-5-15-33/h6-11,18,20-22,28H,4-5,12-17,19,32H2,1-3H3/t21?,28-/m0/s1. The first-order valence-electron chi connectivity index (χ1n) is 13.8. The Morgan fingerprint density at radius 2 is 1.58 bits per heavy atom. The fourth-order valence-electron chi connectivity index (χ4n) is 5.25. The van der Waals surface area contributed by atoms with Crippen LogP contribution in [0.15, 0.2) is 42.5 Å². The van der Waals surface area contributed by atoms with Gasteiger partial charge in [0.2, 0.25) is 5.91 Å². The Kier molecular flexibility index (Phi) is 9.26. The van der Waals surface area contributed by atoms with Gasteiger partial charge in [-0.1, -0.05) is 24.3 Å². The lowest BCUT2D eigenvalue weighted by Gasteiger charge is -2.34. The van der Waals surface area contributed by atoms with E-state index >= 15 is 0 Å². The van der Waals surface area contributed by atoms with Gasteiger partial charge in [-0.05, 0) is 93.7 Å². The van der Waals surface area contributed by atoms with E-state index in [2.05, 4.69) is 6.92 Å². The molecule has 0 aromatic heterocycles. The summed E-state index contributed by atoms with van der Waals surface area (Å²) in [6, 6.07) is 12.0. The van der Waals surface area contributed by atoms with Crippen LogP contribution in [0.2, 0.25) is 0 Å². The number of hydrogen-bond acceptors (Lipinski definition) is 5. The largest absolute Gasteiger partial charge is 0.490 e. The summed E-state index contributed by atoms with van der Waals surface area (Å²) in [6.07, 6.45) is 3.56. The summed E-state index contributed by atoms with van der Waals surface area (Å²) >= 11 is 0. The van der Waals surface area contributed by atoms with E-state index in [1.165, 1.54) is 6.07 Å². The highest BCUT2D eigenvalue weighted by molar-refractivity contribution is 5.82. The number of halogens is 1. The third-order valence-electron chi connectivity index (χ3n) is 7.54. The molecule has 0 spiro atoms. The zero-order valence-electron chi connectivity index (χ0n) is 22.7. The van der Waals surface area contributed by atoms with Gasteiger partial charge in [-0.3, -0.25) is 4.79 Å². The van der Waals surface area contributed by atoms with E-state index in [9.17, 15) is 14.0 Å². The van der Waals surface area contributed by atoms with Gasteiger partial charge >= 0.3 is 6.09 Å². The molecular formula is C30H40FN3O4. The van der Waals surface area contributed by atoms with Crippen molar-refractivity contribution in [3.05, 3.63) is 53.8 Å². The van der Waals surface area contributed by atoms with Gasteiger partial charge in [0, 0.05) is 26.2 Å². The number of nitrogens with zero attached hydrogens (tertiary/aromatic N) is 2. The molecule has 1 unspecified atom stereocenters. The molecule has 2 heterocycles. The van der Waals surface area contributed by atoms with Gasteiger partial charge in [0.05, 0.1) is 18.2 Å². The fraction of sp³-hybridized carbons (Fsp3) is 0.533. The van der Waals surface area contributed by atoms with Crippen molar-refractivity contribution in [3.8, 4) is 16.9 Å². The van der Waals surface area contributed by atoms with Crippen LogP contribution in [-0.2, 0) is 16.0 Å². The lowest BCUT2D eigenvalue weighted by Crippen LogP contribution is -2.43.